The lowest BCUT2D eigenvalue weighted by Crippen LogP contribution is -2.37. The van der Waals surface area contributed by atoms with Gasteiger partial charge in [0, 0.05) is 13.2 Å². The van der Waals surface area contributed by atoms with Crippen molar-refractivity contribution in [3.8, 4) is 0 Å². The second-order valence-corrected chi connectivity index (χ2v) is 5.01. The Balaban J connectivity index is 1.71. The van der Waals surface area contributed by atoms with Gasteiger partial charge in [-0.3, -0.25) is 0 Å². The number of hydrogen-bond acceptors (Lipinski definition) is 2. The molecule has 0 amide bonds. The predicted octanol–water partition coefficient (Wildman–Crippen LogP) is 2.21. The van der Waals surface area contributed by atoms with Crippen molar-refractivity contribution in [1.29, 1.82) is 0 Å². The summed E-state index contributed by atoms with van der Waals surface area (Å²) in [6, 6.07) is 0.540. The molecule has 2 rings (SSSR count). The van der Waals surface area contributed by atoms with Crippen LogP contribution in [0.1, 0.15) is 26.2 Å². The summed E-state index contributed by atoms with van der Waals surface area (Å²) < 4.78 is 5.20. The van der Waals surface area contributed by atoms with E-state index in [0.29, 0.717) is 6.04 Å². The largest absolute Gasteiger partial charge is 0.383 e. The number of rotatable bonds is 6. The molecule has 1 fully saturated rings. The summed E-state index contributed by atoms with van der Waals surface area (Å²) >= 11 is 0. The fourth-order valence-electron chi connectivity index (χ4n) is 2.97. The number of allylic oxidation sites excluding steroid dienone is 2. The van der Waals surface area contributed by atoms with Crippen LogP contribution < -0.4 is 5.32 Å². The molecule has 2 nitrogen and oxygen atoms in total. The van der Waals surface area contributed by atoms with E-state index >= 15 is 0 Å². The summed E-state index contributed by atoms with van der Waals surface area (Å²) in [6.45, 7) is 4.23. The molecule has 2 aliphatic rings. The molecule has 4 unspecified atom stereocenters. The third-order valence-corrected chi connectivity index (χ3v) is 3.95. The topological polar surface area (TPSA) is 21.3 Å². The molecule has 1 saturated carbocycles. The molecule has 0 radical (unpaired) electrons. The minimum absolute atomic E-state index is 0.540. The summed E-state index contributed by atoms with van der Waals surface area (Å²) in [4.78, 5) is 0. The molecule has 1 N–H and O–H groups in total. The van der Waals surface area contributed by atoms with Crippen molar-refractivity contribution in [3.63, 3.8) is 0 Å². The fourth-order valence-corrected chi connectivity index (χ4v) is 2.97. The maximum absolute atomic E-state index is 5.20. The van der Waals surface area contributed by atoms with E-state index in [-0.39, 0.29) is 0 Å². The molecular weight excluding hydrogens is 186 g/mol. The zero-order valence-electron chi connectivity index (χ0n) is 9.91. The fraction of sp³-hybridized carbons (Fsp3) is 0.846. The SMILES string of the molecule is CCC(COC)NCC1CC2C=CC1C2. The summed E-state index contributed by atoms with van der Waals surface area (Å²) in [5.74, 6) is 2.64. The molecule has 0 aromatic rings. The molecule has 0 aliphatic heterocycles. The van der Waals surface area contributed by atoms with Crippen molar-refractivity contribution in [2.45, 2.75) is 32.2 Å². The van der Waals surface area contributed by atoms with E-state index in [1.807, 2.05) is 0 Å². The van der Waals surface area contributed by atoms with E-state index < -0.39 is 0 Å². The molecule has 0 aromatic carbocycles. The van der Waals surface area contributed by atoms with Gasteiger partial charge in [0.15, 0.2) is 0 Å². The van der Waals surface area contributed by atoms with Gasteiger partial charge in [-0.05, 0) is 43.6 Å². The summed E-state index contributed by atoms with van der Waals surface area (Å²) in [7, 11) is 1.78. The van der Waals surface area contributed by atoms with Gasteiger partial charge in [-0.2, -0.15) is 0 Å². The van der Waals surface area contributed by atoms with Crippen molar-refractivity contribution < 1.29 is 4.74 Å². The molecule has 2 aliphatic carbocycles. The van der Waals surface area contributed by atoms with E-state index in [1.54, 1.807) is 7.11 Å². The van der Waals surface area contributed by atoms with Crippen LogP contribution in [0.15, 0.2) is 12.2 Å². The molecule has 4 atom stereocenters. The monoisotopic (exact) mass is 209 g/mol. The number of nitrogens with one attached hydrogen (secondary N) is 1. The van der Waals surface area contributed by atoms with Crippen molar-refractivity contribution >= 4 is 0 Å². The van der Waals surface area contributed by atoms with Crippen LogP contribution in [-0.2, 0) is 4.74 Å². The van der Waals surface area contributed by atoms with Crippen LogP contribution in [0.3, 0.4) is 0 Å². The first-order valence-electron chi connectivity index (χ1n) is 6.24. The Morgan fingerprint density at radius 3 is 2.80 bits per heavy atom. The average Bonchev–Trinajstić information content (AvgIpc) is 2.85. The van der Waals surface area contributed by atoms with Gasteiger partial charge in [0.2, 0.25) is 0 Å². The third-order valence-electron chi connectivity index (χ3n) is 3.95. The van der Waals surface area contributed by atoms with Crippen LogP contribution in [0.2, 0.25) is 0 Å². The van der Waals surface area contributed by atoms with Crippen molar-refractivity contribution in [2.24, 2.45) is 17.8 Å². The van der Waals surface area contributed by atoms with Gasteiger partial charge in [0.05, 0.1) is 6.61 Å². The molecule has 0 aromatic heterocycles. The van der Waals surface area contributed by atoms with E-state index in [0.717, 1.165) is 30.8 Å². The van der Waals surface area contributed by atoms with Gasteiger partial charge in [0.25, 0.3) is 0 Å². The number of fused-ring (bicyclic) bond motifs is 2. The molecule has 0 spiro atoms. The van der Waals surface area contributed by atoms with Gasteiger partial charge in [-0.15, -0.1) is 0 Å². The summed E-state index contributed by atoms with van der Waals surface area (Å²) in [5.41, 5.74) is 0. The summed E-state index contributed by atoms with van der Waals surface area (Å²) in [6.07, 6.45) is 8.81. The Morgan fingerprint density at radius 1 is 1.40 bits per heavy atom. The first-order chi connectivity index (χ1) is 7.33. The summed E-state index contributed by atoms with van der Waals surface area (Å²) in [5, 5.41) is 3.64. The van der Waals surface area contributed by atoms with Crippen molar-refractivity contribution in [3.05, 3.63) is 12.2 Å². The van der Waals surface area contributed by atoms with E-state index in [2.05, 4.69) is 24.4 Å². The highest BCUT2D eigenvalue weighted by atomic mass is 16.5. The Morgan fingerprint density at radius 2 is 2.27 bits per heavy atom. The van der Waals surface area contributed by atoms with Gasteiger partial charge in [-0.1, -0.05) is 19.1 Å². The highest BCUT2D eigenvalue weighted by molar-refractivity contribution is 5.10. The van der Waals surface area contributed by atoms with Crippen molar-refractivity contribution in [1.82, 2.24) is 5.32 Å². The van der Waals surface area contributed by atoms with E-state index in [4.69, 9.17) is 4.74 Å². The Bertz CT molecular complexity index is 227. The van der Waals surface area contributed by atoms with E-state index in [1.165, 1.54) is 19.4 Å². The number of ether oxygens (including phenoxy) is 1. The second kappa shape index (κ2) is 5.13. The minimum Gasteiger partial charge on any atom is -0.383 e. The lowest BCUT2D eigenvalue weighted by Gasteiger charge is -2.22. The van der Waals surface area contributed by atoms with Gasteiger partial charge in [0.1, 0.15) is 0 Å². The third kappa shape index (κ3) is 2.61. The van der Waals surface area contributed by atoms with E-state index in [9.17, 15) is 0 Å². The van der Waals surface area contributed by atoms with Gasteiger partial charge in [-0.25, -0.2) is 0 Å². The molecule has 0 saturated heterocycles. The molecule has 15 heavy (non-hydrogen) atoms. The predicted molar refractivity (Wildman–Crippen MR) is 62.8 cm³/mol. The molecule has 0 heterocycles. The first-order valence-corrected chi connectivity index (χ1v) is 6.24. The second-order valence-electron chi connectivity index (χ2n) is 5.01. The average molecular weight is 209 g/mol. The quantitative estimate of drug-likeness (QED) is 0.677. The number of hydrogen-bond donors (Lipinski definition) is 1. The molecular formula is C13H23NO. The molecule has 2 heteroatoms. The van der Waals surface area contributed by atoms with Crippen LogP contribution >= 0.6 is 0 Å². The Hall–Kier alpha value is -0.340. The van der Waals surface area contributed by atoms with Gasteiger partial charge >= 0.3 is 0 Å². The Labute approximate surface area is 93.1 Å². The number of methoxy groups -OCH3 is 1. The maximum atomic E-state index is 5.20. The lowest BCUT2D eigenvalue weighted by atomic mass is 9.93. The van der Waals surface area contributed by atoms with Gasteiger partial charge < -0.3 is 10.1 Å². The molecule has 2 bridgehead atoms. The van der Waals surface area contributed by atoms with Crippen LogP contribution in [-0.4, -0.2) is 26.3 Å². The Kier molecular flexibility index (Phi) is 3.81. The molecule has 86 valence electrons. The normalized spacial score (nSPS) is 34.9. The standard InChI is InChI=1S/C13H23NO/c1-3-13(9-15-2)14-8-12-7-10-4-5-11(12)6-10/h4-5,10-14H,3,6-9H2,1-2H3. The van der Waals surface area contributed by atoms with Crippen LogP contribution in [0.25, 0.3) is 0 Å². The smallest absolute Gasteiger partial charge is 0.0615 e. The van der Waals surface area contributed by atoms with Crippen LogP contribution in [0.4, 0.5) is 0 Å². The highest BCUT2D eigenvalue weighted by Crippen LogP contribution is 2.42. The highest BCUT2D eigenvalue weighted by Gasteiger charge is 2.35. The van der Waals surface area contributed by atoms with Crippen LogP contribution in [0.5, 0.6) is 0 Å². The van der Waals surface area contributed by atoms with Crippen molar-refractivity contribution in [2.75, 3.05) is 20.3 Å². The maximum Gasteiger partial charge on any atom is 0.0615 e. The minimum atomic E-state index is 0.540. The van der Waals surface area contributed by atoms with Crippen LogP contribution in [0, 0.1) is 17.8 Å². The lowest BCUT2D eigenvalue weighted by molar-refractivity contribution is 0.161. The first kappa shape index (κ1) is 11.2. The zero-order chi connectivity index (χ0) is 10.7. The zero-order valence-corrected chi connectivity index (χ0v) is 9.91.